The average Bonchev–Trinajstić information content (AvgIpc) is 3.51. The maximum absolute atomic E-state index is 10.8. The molecule has 0 spiro atoms. The Hall–Kier alpha value is -4.25. The second-order valence-electron chi connectivity index (χ2n) is 7.54. The number of amides is 3. The van der Waals surface area contributed by atoms with E-state index in [2.05, 4.69) is 43.6 Å². The largest absolute Gasteiger partial charge is 0.461 e. The predicted molar refractivity (Wildman–Crippen MR) is 147 cm³/mol. The normalized spacial score (nSPS) is 10.8. The topological polar surface area (TPSA) is 154 Å². The summed E-state index contributed by atoms with van der Waals surface area (Å²) in [5.41, 5.74) is 10.1. The van der Waals surface area contributed by atoms with Crippen molar-refractivity contribution in [1.29, 1.82) is 0 Å². The molecule has 2 rings (SSSR count). The molecule has 0 saturated carbocycles. The first-order chi connectivity index (χ1) is 17.2. The van der Waals surface area contributed by atoms with Crippen LogP contribution in [0.5, 0.6) is 0 Å². The van der Waals surface area contributed by atoms with Gasteiger partial charge in [-0.3, -0.25) is 14.4 Å². The molecular weight excluding hydrogens is 476 g/mol. The maximum atomic E-state index is 10.8. The fraction of sp³-hybridized carbons (Fsp3) is 0.346. The van der Waals surface area contributed by atoms with Crippen molar-refractivity contribution < 1.29 is 23.9 Å². The summed E-state index contributed by atoms with van der Waals surface area (Å²) in [5.74, 6) is -1.02. The van der Waals surface area contributed by atoms with Crippen molar-refractivity contribution >= 4 is 29.9 Å². The molecule has 1 aliphatic rings. The van der Waals surface area contributed by atoms with E-state index in [1.807, 2.05) is 25.2 Å². The number of rotatable bonds is 8. The number of carbonyl (C=O) groups is 4. The van der Waals surface area contributed by atoms with E-state index in [0.29, 0.717) is 24.2 Å². The number of aromatic nitrogens is 2. The fourth-order valence-electron chi connectivity index (χ4n) is 1.68. The molecule has 11 nitrogen and oxygen atoms in total. The van der Waals surface area contributed by atoms with Gasteiger partial charge in [-0.2, -0.15) is 0 Å². The average molecular weight is 519 g/mol. The lowest BCUT2D eigenvalue weighted by Crippen LogP contribution is -2.20. The van der Waals surface area contributed by atoms with E-state index in [9.17, 15) is 19.2 Å². The van der Waals surface area contributed by atoms with E-state index in [1.165, 1.54) is 0 Å². The first kappa shape index (κ1) is 37.3. The summed E-state index contributed by atoms with van der Waals surface area (Å²) in [4.78, 5) is 48.1. The molecule has 1 saturated heterocycles. The predicted octanol–water partition coefficient (Wildman–Crippen LogP) is 2.11. The van der Waals surface area contributed by atoms with E-state index in [1.54, 1.807) is 48.2 Å². The third-order valence-electron chi connectivity index (χ3n) is 3.81. The maximum Gasteiger partial charge on any atom is 0.333 e. The van der Waals surface area contributed by atoms with E-state index < -0.39 is 11.8 Å². The first-order valence-corrected chi connectivity index (χ1v) is 11.1. The lowest BCUT2D eigenvalue weighted by Gasteiger charge is -2.09. The third kappa shape index (κ3) is 26.2. The van der Waals surface area contributed by atoms with Gasteiger partial charge in [0.2, 0.25) is 17.7 Å². The van der Waals surface area contributed by atoms with Crippen LogP contribution in [-0.2, 0) is 23.9 Å². The van der Waals surface area contributed by atoms with Gasteiger partial charge in [-0.15, -0.1) is 0 Å². The van der Waals surface area contributed by atoms with Crippen LogP contribution in [0, 0.1) is 0 Å². The monoisotopic (exact) mass is 518 g/mol. The number of likely N-dealkylation sites (tertiary alicyclic amines) is 1. The Morgan fingerprint density at radius 2 is 1.65 bits per heavy atom. The first-order valence-electron chi connectivity index (χ1n) is 11.1. The van der Waals surface area contributed by atoms with E-state index in [-0.39, 0.29) is 11.9 Å². The van der Waals surface area contributed by atoms with Crippen LogP contribution in [0.2, 0.25) is 0 Å². The molecule has 0 aromatic carbocycles. The minimum Gasteiger partial charge on any atom is -0.461 e. The smallest absolute Gasteiger partial charge is 0.333 e. The SMILES string of the molecule is C=C(C)C(=O)OCCN(C)C.C=C(C)C(N)=O.C=CC(N)=O.C=CN1CCCC1=O.C=Cn1ccnc1. The second kappa shape index (κ2) is 23.5. The Morgan fingerprint density at radius 3 is 1.86 bits per heavy atom. The highest BCUT2D eigenvalue weighted by Crippen LogP contribution is 2.08. The van der Waals surface area contributed by atoms with Gasteiger partial charge < -0.3 is 30.6 Å². The van der Waals surface area contributed by atoms with Gasteiger partial charge in [-0.1, -0.05) is 32.9 Å². The molecule has 0 aliphatic carbocycles. The quantitative estimate of drug-likeness (QED) is 0.394. The van der Waals surface area contributed by atoms with Gasteiger partial charge in [-0.05, 0) is 46.6 Å². The number of primary amides is 2. The molecule has 1 aliphatic heterocycles. The minimum atomic E-state index is -0.481. The van der Waals surface area contributed by atoms with Crippen LogP contribution in [0.15, 0.2) is 75.0 Å². The molecule has 0 radical (unpaired) electrons. The summed E-state index contributed by atoms with van der Waals surface area (Å²) in [5, 5.41) is 0. The van der Waals surface area contributed by atoms with Gasteiger partial charge in [0, 0.05) is 49.3 Å². The molecule has 1 aromatic heterocycles. The molecule has 0 bridgehead atoms. The zero-order valence-corrected chi connectivity index (χ0v) is 22.5. The van der Waals surface area contributed by atoms with Gasteiger partial charge in [0.15, 0.2) is 0 Å². The Bertz CT molecular complexity index is 879. The van der Waals surface area contributed by atoms with Gasteiger partial charge in [0.05, 0.1) is 6.33 Å². The highest BCUT2D eigenvalue weighted by Gasteiger charge is 2.16. The Labute approximate surface area is 220 Å². The second-order valence-corrected chi connectivity index (χ2v) is 7.54. The van der Waals surface area contributed by atoms with Crippen LogP contribution < -0.4 is 11.5 Å². The number of imidazole rings is 1. The zero-order chi connectivity index (χ0) is 29.4. The molecule has 1 fully saturated rings. The van der Waals surface area contributed by atoms with Crippen LogP contribution >= 0.6 is 0 Å². The van der Waals surface area contributed by atoms with Crippen molar-refractivity contribution in [3.63, 3.8) is 0 Å². The standard InChI is InChI=1S/C8H15NO2.C6H9NO.C5H6N2.C4H7NO.C3H5NO/c1-7(2)8(10)11-6-5-9(3)4;1-2-7-5-3-4-6(7)8;1-2-7-4-3-6-5-7;1-3(2)4(5)6;1-2-3(4)5/h1,5-6H2,2-4H3;2H,1,3-5H2;2-5H,1H2;1H2,2H3,(H2,5,6);2H,1H2,(H2,4,5). The molecular formula is C26H42N6O5. The zero-order valence-electron chi connectivity index (χ0n) is 22.5. The molecule has 4 N–H and O–H groups in total. The number of likely N-dealkylation sites (N-methyl/N-ethyl adjacent to an activating group) is 1. The number of esters is 1. The lowest BCUT2D eigenvalue weighted by molar-refractivity contribution is -0.139. The molecule has 0 unspecified atom stereocenters. The van der Waals surface area contributed by atoms with Crippen LogP contribution in [0.4, 0.5) is 0 Å². The fourth-order valence-corrected chi connectivity index (χ4v) is 1.68. The van der Waals surface area contributed by atoms with E-state index in [4.69, 9.17) is 10.5 Å². The Kier molecular flexibility index (Phi) is 23.7. The number of hydrogen-bond acceptors (Lipinski definition) is 7. The van der Waals surface area contributed by atoms with Crippen LogP contribution in [0.1, 0.15) is 26.7 Å². The van der Waals surface area contributed by atoms with Crippen molar-refractivity contribution in [3.05, 3.63) is 75.0 Å². The van der Waals surface area contributed by atoms with Gasteiger partial charge in [-0.25, -0.2) is 9.78 Å². The summed E-state index contributed by atoms with van der Waals surface area (Å²) in [6.07, 6.45) is 11.3. The number of carbonyl (C=O) groups excluding carboxylic acids is 4. The molecule has 206 valence electrons. The highest BCUT2D eigenvalue weighted by atomic mass is 16.5. The van der Waals surface area contributed by atoms with Crippen molar-refractivity contribution in [2.75, 3.05) is 33.8 Å². The van der Waals surface area contributed by atoms with Crippen molar-refractivity contribution in [2.45, 2.75) is 26.7 Å². The number of nitrogens with two attached hydrogens (primary N) is 2. The molecule has 2 heterocycles. The van der Waals surface area contributed by atoms with Crippen LogP contribution in [0.25, 0.3) is 6.20 Å². The summed E-state index contributed by atoms with van der Waals surface area (Å²) in [7, 11) is 3.85. The van der Waals surface area contributed by atoms with Gasteiger partial charge in [0.1, 0.15) is 6.61 Å². The minimum absolute atomic E-state index is 0.208. The molecule has 3 amide bonds. The number of ether oxygens (including phenoxy) is 1. The van der Waals surface area contributed by atoms with Crippen molar-refractivity contribution in [1.82, 2.24) is 19.4 Å². The van der Waals surface area contributed by atoms with E-state index in [0.717, 1.165) is 25.6 Å². The third-order valence-corrected chi connectivity index (χ3v) is 3.81. The lowest BCUT2D eigenvalue weighted by atomic mass is 10.3. The molecule has 37 heavy (non-hydrogen) atoms. The van der Waals surface area contributed by atoms with Crippen LogP contribution in [-0.4, -0.2) is 76.8 Å². The summed E-state index contributed by atoms with van der Waals surface area (Å²) in [6.45, 7) is 22.1. The number of nitrogens with zero attached hydrogens (tertiary/aromatic N) is 4. The Balaban J connectivity index is -0.000000401. The molecule has 0 atom stereocenters. The van der Waals surface area contributed by atoms with Gasteiger partial charge in [0.25, 0.3) is 0 Å². The van der Waals surface area contributed by atoms with Crippen molar-refractivity contribution in [2.24, 2.45) is 11.5 Å². The van der Waals surface area contributed by atoms with Crippen LogP contribution in [0.3, 0.4) is 0 Å². The summed E-state index contributed by atoms with van der Waals surface area (Å²) >= 11 is 0. The highest BCUT2D eigenvalue weighted by molar-refractivity contribution is 5.90. The van der Waals surface area contributed by atoms with Gasteiger partial charge >= 0.3 is 5.97 Å². The van der Waals surface area contributed by atoms with E-state index >= 15 is 0 Å². The van der Waals surface area contributed by atoms with Crippen molar-refractivity contribution in [3.8, 4) is 0 Å². The summed E-state index contributed by atoms with van der Waals surface area (Å²) in [6, 6.07) is 0. The Morgan fingerprint density at radius 1 is 1.11 bits per heavy atom. The molecule has 1 aromatic rings. The molecule has 11 heteroatoms. The summed E-state index contributed by atoms with van der Waals surface area (Å²) < 4.78 is 6.61. The number of hydrogen-bond donors (Lipinski definition) is 2.